The van der Waals surface area contributed by atoms with Gasteiger partial charge < -0.3 is 9.84 Å². The van der Waals surface area contributed by atoms with Crippen molar-refractivity contribution in [3.05, 3.63) is 47.6 Å². The lowest BCUT2D eigenvalue weighted by Gasteiger charge is -1.99. The Bertz CT molecular complexity index is 707. The molecule has 100 valence electrons. The predicted octanol–water partition coefficient (Wildman–Crippen LogP) is 3.49. The molecule has 3 rings (SSSR count). The van der Waals surface area contributed by atoms with Crippen LogP contribution in [0, 0.1) is 0 Å². The average molecular weight is 287 g/mol. The summed E-state index contributed by atoms with van der Waals surface area (Å²) in [4.78, 5) is 8.49. The summed E-state index contributed by atoms with van der Waals surface area (Å²) in [5.41, 5.74) is 2.50. The number of aromatic nitrogens is 3. The lowest BCUT2D eigenvalue weighted by Crippen LogP contribution is -1.87. The van der Waals surface area contributed by atoms with E-state index in [0.717, 1.165) is 11.3 Å². The minimum Gasteiger partial charge on any atom is -0.388 e. The zero-order valence-electron chi connectivity index (χ0n) is 10.7. The molecule has 0 amide bonds. The highest BCUT2D eigenvalue weighted by atomic mass is 35.5. The number of rotatable bonds is 3. The van der Waals surface area contributed by atoms with Gasteiger partial charge in [-0.15, -0.1) is 0 Å². The zero-order chi connectivity index (χ0) is 13.9. The average Bonchev–Trinajstić information content (AvgIpc) is 2.98. The smallest absolute Gasteiger partial charge is 0.258 e. The molecule has 20 heavy (non-hydrogen) atoms. The van der Waals surface area contributed by atoms with Crippen molar-refractivity contribution in [1.82, 2.24) is 15.1 Å². The van der Waals surface area contributed by atoms with Gasteiger partial charge in [0.05, 0.1) is 5.02 Å². The molecule has 0 bridgehead atoms. The second kappa shape index (κ2) is 5.30. The summed E-state index contributed by atoms with van der Waals surface area (Å²) in [6.45, 7) is 0. The van der Waals surface area contributed by atoms with Crippen molar-refractivity contribution in [2.24, 2.45) is 0 Å². The number of pyridine rings is 1. The number of halogens is 1. The van der Waals surface area contributed by atoms with Crippen LogP contribution >= 0.6 is 11.6 Å². The molecule has 0 aliphatic rings. The molecule has 0 fully saturated rings. The number of benzene rings is 1. The lowest BCUT2D eigenvalue weighted by atomic mass is 10.2. The van der Waals surface area contributed by atoms with Crippen molar-refractivity contribution in [1.29, 1.82) is 0 Å². The number of hydrogen-bond donors (Lipinski definition) is 1. The molecule has 1 aromatic carbocycles. The Kier molecular flexibility index (Phi) is 3.35. The van der Waals surface area contributed by atoms with Crippen LogP contribution in [0.4, 0.5) is 5.69 Å². The van der Waals surface area contributed by atoms with Crippen LogP contribution in [0.2, 0.25) is 5.02 Å². The standard InChI is InChI=1S/C14H11ClN4O/c1-16-11-5-2-9(3-6-11)14-18-13(19-20-14)12-7-4-10(15)8-17-12/h2-8,16H,1H3. The van der Waals surface area contributed by atoms with E-state index in [0.29, 0.717) is 22.4 Å². The SMILES string of the molecule is CNc1ccc(-c2nc(-c3ccc(Cl)cn3)no2)cc1. The van der Waals surface area contributed by atoms with Gasteiger partial charge in [-0.2, -0.15) is 4.98 Å². The minimum atomic E-state index is 0.439. The minimum absolute atomic E-state index is 0.439. The molecule has 0 radical (unpaired) electrons. The highest BCUT2D eigenvalue weighted by Gasteiger charge is 2.11. The molecule has 0 aliphatic heterocycles. The van der Waals surface area contributed by atoms with Crippen LogP contribution in [0.25, 0.3) is 23.0 Å². The quantitative estimate of drug-likeness (QED) is 0.798. The molecule has 0 saturated carbocycles. The first-order chi connectivity index (χ1) is 9.76. The van der Waals surface area contributed by atoms with Gasteiger partial charge in [0, 0.05) is 24.5 Å². The van der Waals surface area contributed by atoms with Gasteiger partial charge in [-0.3, -0.25) is 4.98 Å². The van der Waals surface area contributed by atoms with E-state index in [1.165, 1.54) is 0 Å². The van der Waals surface area contributed by atoms with Crippen molar-refractivity contribution in [3.8, 4) is 23.0 Å². The Balaban J connectivity index is 1.91. The van der Waals surface area contributed by atoms with Gasteiger partial charge in [-0.1, -0.05) is 16.8 Å². The molecule has 2 aromatic heterocycles. The summed E-state index contributed by atoms with van der Waals surface area (Å²) < 4.78 is 5.25. The van der Waals surface area contributed by atoms with Gasteiger partial charge in [0.15, 0.2) is 0 Å². The Morgan fingerprint density at radius 2 is 1.90 bits per heavy atom. The monoisotopic (exact) mass is 286 g/mol. The second-order valence-electron chi connectivity index (χ2n) is 4.11. The molecule has 0 spiro atoms. The second-order valence-corrected chi connectivity index (χ2v) is 4.55. The normalized spacial score (nSPS) is 10.5. The van der Waals surface area contributed by atoms with Crippen molar-refractivity contribution in [2.75, 3.05) is 12.4 Å². The van der Waals surface area contributed by atoms with Crippen molar-refractivity contribution in [3.63, 3.8) is 0 Å². The van der Waals surface area contributed by atoms with E-state index in [9.17, 15) is 0 Å². The summed E-state index contributed by atoms with van der Waals surface area (Å²) >= 11 is 5.80. The van der Waals surface area contributed by atoms with Crippen LogP contribution in [0.3, 0.4) is 0 Å². The number of nitrogens with zero attached hydrogens (tertiary/aromatic N) is 3. The molecule has 2 heterocycles. The van der Waals surface area contributed by atoms with E-state index in [1.54, 1.807) is 18.3 Å². The van der Waals surface area contributed by atoms with Gasteiger partial charge in [0.25, 0.3) is 5.89 Å². The maximum Gasteiger partial charge on any atom is 0.258 e. The molecule has 3 aromatic rings. The lowest BCUT2D eigenvalue weighted by molar-refractivity contribution is 0.432. The summed E-state index contributed by atoms with van der Waals surface area (Å²) in [5.74, 6) is 0.897. The van der Waals surface area contributed by atoms with Crippen LogP contribution in [0.15, 0.2) is 47.1 Å². The van der Waals surface area contributed by atoms with Gasteiger partial charge in [-0.05, 0) is 36.4 Å². The van der Waals surface area contributed by atoms with Crippen molar-refractivity contribution in [2.45, 2.75) is 0 Å². The van der Waals surface area contributed by atoms with Crippen LogP contribution in [-0.2, 0) is 0 Å². The molecular formula is C14H11ClN4O. The third-order valence-corrected chi connectivity index (χ3v) is 3.03. The summed E-state index contributed by atoms with van der Waals surface area (Å²) in [6.07, 6.45) is 1.55. The molecule has 0 unspecified atom stereocenters. The van der Waals surface area contributed by atoms with E-state index in [-0.39, 0.29) is 0 Å². The molecular weight excluding hydrogens is 276 g/mol. The fraction of sp³-hybridized carbons (Fsp3) is 0.0714. The van der Waals surface area contributed by atoms with Crippen LogP contribution in [0.1, 0.15) is 0 Å². The Morgan fingerprint density at radius 3 is 2.55 bits per heavy atom. The van der Waals surface area contributed by atoms with E-state index in [1.807, 2.05) is 31.3 Å². The number of nitrogens with one attached hydrogen (secondary N) is 1. The first-order valence-corrected chi connectivity index (χ1v) is 6.38. The summed E-state index contributed by atoms with van der Waals surface area (Å²) in [6, 6.07) is 11.2. The third-order valence-electron chi connectivity index (χ3n) is 2.80. The molecule has 5 nitrogen and oxygen atoms in total. The van der Waals surface area contributed by atoms with E-state index in [4.69, 9.17) is 16.1 Å². The summed E-state index contributed by atoms with van der Waals surface area (Å²) in [5, 5.41) is 7.55. The molecule has 1 N–H and O–H groups in total. The van der Waals surface area contributed by atoms with E-state index in [2.05, 4.69) is 20.4 Å². The molecule has 0 aliphatic carbocycles. The van der Waals surface area contributed by atoms with Gasteiger partial charge in [0.1, 0.15) is 5.69 Å². The fourth-order valence-corrected chi connectivity index (χ4v) is 1.84. The van der Waals surface area contributed by atoms with Crippen molar-refractivity contribution < 1.29 is 4.52 Å². The molecule has 0 saturated heterocycles. The fourth-order valence-electron chi connectivity index (χ4n) is 1.73. The highest BCUT2D eigenvalue weighted by Crippen LogP contribution is 2.22. The summed E-state index contributed by atoms with van der Waals surface area (Å²) in [7, 11) is 1.87. The first-order valence-electron chi connectivity index (χ1n) is 6.00. The van der Waals surface area contributed by atoms with Gasteiger partial charge in [-0.25, -0.2) is 0 Å². The number of hydrogen-bond acceptors (Lipinski definition) is 5. The Morgan fingerprint density at radius 1 is 1.10 bits per heavy atom. The van der Waals surface area contributed by atoms with E-state index < -0.39 is 0 Å². The maximum absolute atomic E-state index is 5.80. The largest absolute Gasteiger partial charge is 0.388 e. The zero-order valence-corrected chi connectivity index (χ0v) is 11.4. The highest BCUT2D eigenvalue weighted by molar-refractivity contribution is 6.30. The van der Waals surface area contributed by atoms with Crippen LogP contribution < -0.4 is 5.32 Å². The van der Waals surface area contributed by atoms with Crippen LogP contribution in [0.5, 0.6) is 0 Å². The van der Waals surface area contributed by atoms with E-state index >= 15 is 0 Å². The van der Waals surface area contributed by atoms with Crippen molar-refractivity contribution >= 4 is 17.3 Å². The number of anilines is 1. The Labute approximate surface area is 120 Å². The topological polar surface area (TPSA) is 63.8 Å². The van der Waals surface area contributed by atoms with Crippen LogP contribution in [-0.4, -0.2) is 22.2 Å². The molecule has 6 heteroatoms. The predicted molar refractivity (Wildman–Crippen MR) is 77.5 cm³/mol. The third kappa shape index (κ3) is 2.48. The molecule has 0 atom stereocenters. The maximum atomic E-state index is 5.80. The first kappa shape index (κ1) is 12.6. The van der Waals surface area contributed by atoms with Gasteiger partial charge >= 0.3 is 0 Å². The Hall–Kier alpha value is -2.40. The van der Waals surface area contributed by atoms with Gasteiger partial charge in [0.2, 0.25) is 5.82 Å².